The third-order valence-corrected chi connectivity index (χ3v) is 1.32. The Bertz CT molecular complexity index is 179. The molecule has 0 atom stereocenters. The molecule has 0 unspecified atom stereocenters. The SMILES string of the molecule is CC/C=[C]\c1csnn1. The van der Waals surface area contributed by atoms with Crippen LogP contribution in [0.3, 0.4) is 0 Å². The van der Waals surface area contributed by atoms with Gasteiger partial charge in [0.15, 0.2) is 0 Å². The summed E-state index contributed by atoms with van der Waals surface area (Å²) in [5.74, 6) is 0. The van der Waals surface area contributed by atoms with Gasteiger partial charge in [0, 0.05) is 11.5 Å². The summed E-state index contributed by atoms with van der Waals surface area (Å²) in [4.78, 5) is 0. The summed E-state index contributed by atoms with van der Waals surface area (Å²) in [5.41, 5.74) is 0.835. The number of nitrogens with zero attached hydrogens (tertiary/aromatic N) is 2. The first-order valence-corrected chi connectivity index (χ1v) is 3.62. The van der Waals surface area contributed by atoms with Crippen molar-refractivity contribution in [2.45, 2.75) is 13.3 Å². The molecule has 0 aliphatic heterocycles. The van der Waals surface area contributed by atoms with Crippen LogP contribution in [-0.4, -0.2) is 9.59 Å². The Kier molecular flexibility index (Phi) is 2.39. The van der Waals surface area contributed by atoms with Crippen LogP contribution >= 0.6 is 11.5 Å². The van der Waals surface area contributed by atoms with Crippen molar-refractivity contribution in [3.05, 3.63) is 23.2 Å². The summed E-state index contributed by atoms with van der Waals surface area (Å²) >= 11 is 1.35. The zero-order valence-corrected chi connectivity index (χ0v) is 5.98. The molecule has 1 heterocycles. The minimum absolute atomic E-state index is 0.835. The van der Waals surface area contributed by atoms with Crippen molar-refractivity contribution in [1.29, 1.82) is 0 Å². The predicted octanol–water partition coefficient (Wildman–Crippen LogP) is 1.66. The molecule has 0 saturated heterocycles. The minimum Gasteiger partial charge on any atom is -0.138 e. The van der Waals surface area contributed by atoms with Crippen LogP contribution in [0.4, 0.5) is 0 Å². The largest absolute Gasteiger partial charge is 0.138 e. The van der Waals surface area contributed by atoms with E-state index in [2.05, 4.69) is 22.6 Å². The molecule has 2 nitrogen and oxygen atoms in total. The fourth-order valence-corrected chi connectivity index (χ4v) is 0.831. The third kappa shape index (κ3) is 1.93. The van der Waals surface area contributed by atoms with Gasteiger partial charge in [0.2, 0.25) is 0 Å². The summed E-state index contributed by atoms with van der Waals surface area (Å²) in [6.07, 6.45) is 5.92. The lowest BCUT2D eigenvalue weighted by molar-refractivity contribution is 1.10. The van der Waals surface area contributed by atoms with Crippen LogP contribution in [0.25, 0.3) is 0 Å². The Morgan fingerprint density at radius 2 is 2.78 bits per heavy atom. The molecule has 1 aromatic heterocycles. The maximum Gasteiger partial charge on any atom is 0.106 e. The van der Waals surface area contributed by atoms with Crippen molar-refractivity contribution in [3.8, 4) is 0 Å². The Morgan fingerprint density at radius 3 is 3.33 bits per heavy atom. The van der Waals surface area contributed by atoms with E-state index in [4.69, 9.17) is 0 Å². The first-order valence-electron chi connectivity index (χ1n) is 2.78. The van der Waals surface area contributed by atoms with Crippen LogP contribution in [0, 0.1) is 6.08 Å². The fourth-order valence-electron chi connectivity index (χ4n) is 0.434. The summed E-state index contributed by atoms with van der Waals surface area (Å²) in [7, 11) is 0. The van der Waals surface area contributed by atoms with E-state index in [1.54, 1.807) is 0 Å². The average molecular weight is 139 g/mol. The van der Waals surface area contributed by atoms with Crippen LogP contribution in [0.2, 0.25) is 0 Å². The molecule has 0 saturated carbocycles. The van der Waals surface area contributed by atoms with E-state index in [1.165, 1.54) is 11.5 Å². The lowest BCUT2D eigenvalue weighted by atomic mass is 10.4. The van der Waals surface area contributed by atoms with E-state index in [0.29, 0.717) is 0 Å². The lowest BCUT2D eigenvalue weighted by Gasteiger charge is -1.74. The summed E-state index contributed by atoms with van der Waals surface area (Å²) in [6, 6.07) is 0. The molecule has 1 radical (unpaired) electrons. The van der Waals surface area contributed by atoms with Gasteiger partial charge in [-0.05, 0) is 18.0 Å². The molecule has 0 N–H and O–H groups in total. The molecule has 0 aliphatic carbocycles. The van der Waals surface area contributed by atoms with Crippen LogP contribution in [0.15, 0.2) is 11.5 Å². The van der Waals surface area contributed by atoms with E-state index in [9.17, 15) is 0 Å². The molecule has 0 fully saturated rings. The van der Waals surface area contributed by atoms with Crippen molar-refractivity contribution in [2.24, 2.45) is 0 Å². The van der Waals surface area contributed by atoms with Gasteiger partial charge in [-0.3, -0.25) is 0 Å². The van der Waals surface area contributed by atoms with Crippen LogP contribution in [-0.2, 0) is 0 Å². The zero-order valence-electron chi connectivity index (χ0n) is 5.16. The van der Waals surface area contributed by atoms with Gasteiger partial charge < -0.3 is 0 Å². The normalized spacial score (nSPS) is 10.8. The summed E-state index contributed by atoms with van der Waals surface area (Å²) in [6.45, 7) is 2.06. The number of hydrogen-bond acceptors (Lipinski definition) is 3. The number of aromatic nitrogens is 2. The van der Waals surface area contributed by atoms with Gasteiger partial charge in [-0.1, -0.05) is 17.5 Å². The maximum absolute atomic E-state index is 3.78. The molecule has 1 aromatic rings. The van der Waals surface area contributed by atoms with Crippen LogP contribution < -0.4 is 0 Å². The highest BCUT2D eigenvalue weighted by Gasteiger charge is 1.85. The van der Waals surface area contributed by atoms with Gasteiger partial charge in [-0.15, -0.1) is 5.10 Å². The van der Waals surface area contributed by atoms with Crippen LogP contribution in [0.1, 0.15) is 19.0 Å². The van der Waals surface area contributed by atoms with E-state index >= 15 is 0 Å². The predicted molar refractivity (Wildman–Crippen MR) is 37.1 cm³/mol. The second-order valence-electron chi connectivity index (χ2n) is 1.55. The van der Waals surface area contributed by atoms with Gasteiger partial charge in [0.25, 0.3) is 0 Å². The van der Waals surface area contributed by atoms with Crippen molar-refractivity contribution in [3.63, 3.8) is 0 Å². The van der Waals surface area contributed by atoms with Gasteiger partial charge in [-0.2, -0.15) is 0 Å². The Morgan fingerprint density at radius 1 is 1.89 bits per heavy atom. The molecular formula is C6H7N2S. The molecule has 0 aliphatic rings. The third-order valence-electron chi connectivity index (χ3n) is 0.814. The second-order valence-corrected chi connectivity index (χ2v) is 2.16. The van der Waals surface area contributed by atoms with E-state index < -0.39 is 0 Å². The number of allylic oxidation sites excluding steroid dienone is 1. The standard InChI is InChI=1S/C6H7N2S/c1-2-3-4-6-5-9-8-7-6/h3,5H,2H2,1H3. The van der Waals surface area contributed by atoms with E-state index in [1.807, 2.05) is 11.5 Å². The van der Waals surface area contributed by atoms with Crippen molar-refractivity contribution < 1.29 is 0 Å². The quantitative estimate of drug-likeness (QED) is 0.622. The maximum atomic E-state index is 3.78. The molecule has 0 amide bonds. The zero-order chi connectivity index (χ0) is 6.53. The average Bonchev–Trinajstić information content (AvgIpc) is 2.34. The minimum atomic E-state index is 0.835. The Balaban J connectivity index is 2.57. The van der Waals surface area contributed by atoms with Gasteiger partial charge in [-0.25, -0.2) is 0 Å². The first kappa shape index (κ1) is 6.42. The highest BCUT2D eigenvalue weighted by atomic mass is 32.1. The van der Waals surface area contributed by atoms with Gasteiger partial charge >= 0.3 is 0 Å². The molecule has 9 heavy (non-hydrogen) atoms. The number of hydrogen-bond donors (Lipinski definition) is 0. The second kappa shape index (κ2) is 3.35. The monoisotopic (exact) mass is 139 g/mol. The first-order chi connectivity index (χ1) is 4.43. The number of rotatable bonds is 2. The van der Waals surface area contributed by atoms with Gasteiger partial charge in [0.05, 0.1) is 0 Å². The fraction of sp³-hybridized carbons (Fsp3) is 0.333. The summed E-state index contributed by atoms with van der Waals surface area (Å²) in [5, 5.41) is 5.65. The van der Waals surface area contributed by atoms with Crippen molar-refractivity contribution >= 4 is 11.5 Å². The van der Waals surface area contributed by atoms with Crippen LogP contribution in [0.5, 0.6) is 0 Å². The van der Waals surface area contributed by atoms with Crippen molar-refractivity contribution in [2.75, 3.05) is 0 Å². The molecule has 0 spiro atoms. The molecule has 0 aromatic carbocycles. The molecule has 3 heteroatoms. The summed E-state index contributed by atoms with van der Waals surface area (Å²) < 4.78 is 3.68. The van der Waals surface area contributed by atoms with Gasteiger partial charge in [0.1, 0.15) is 5.69 Å². The highest BCUT2D eigenvalue weighted by molar-refractivity contribution is 7.03. The Labute approximate surface area is 58.4 Å². The van der Waals surface area contributed by atoms with E-state index in [0.717, 1.165) is 12.1 Å². The topological polar surface area (TPSA) is 25.8 Å². The highest BCUT2D eigenvalue weighted by Crippen LogP contribution is 1.96. The molecule has 1 rings (SSSR count). The lowest BCUT2D eigenvalue weighted by Crippen LogP contribution is -1.71. The van der Waals surface area contributed by atoms with E-state index in [-0.39, 0.29) is 0 Å². The molecular weight excluding hydrogens is 132 g/mol. The Hall–Kier alpha value is -0.700. The smallest absolute Gasteiger partial charge is 0.106 e. The van der Waals surface area contributed by atoms with Crippen molar-refractivity contribution in [1.82, 2.24) is 9.59 Å². The molecule has 0 bridgehead atoms. The molecule has 47 valence electrons.